The first-order valence-electron chi connectivity index (χ1n) is 10.6. The largest absolute Gasteiger partial charge is 0.436 e. The van der Waals surface area contributed by atoms with Gasteiger partial charge in [-0.2, -0.15) is 23.4 Å². The van der Waals surface area contributed by atoms with Gasteiger partial charge in [0.05, 0.1) is 40.3 Å². The molecule has 190 valence electrons. The maximum atomic E-state index is 14.9. The first-order chi connectivity index (χ1) is 16.9. The fraction of sp³-hybridized carbons (Fsp3) is 0.333. The Balaban J connectivity index is 1.39. The van der Waals surface area contributed by atoms with Crippen LogP contribution >= 0.6 is 11.6 Å². The second-order valence-electron chi connectivity index (χ2n) is 8.50. The van der Waals surface area contributed by atoms with Gasteiger partial charge in [0.25, 0.3) is 0 Å². The first-order valence-corrected chi connectivity index (χ1v) is 11.0. The summed E-state index contributed by atoms with van der Waals surface area (Å²) in [4.78, 5) is 26.5. The highest BCUT2D eigenvalue weighted by Gasteiger charge is 2.50. The van der Waals surface area contributed by atoms with Crippen LogP contribution in [0.15, 0.2) is 24.4 Å². The van der Waals surface area contributed by atoms with Crippen molar-refractivity contribution in [3.05, 3.63) is 46.5 Å². The number of nitrogens with zero attached hydrogens (tertiary/aromatic N) is 5. The summed E-state index contributed by atoms with van der Waals surface area (Å²) in [5, 5.41) is 9.99. The summed E-state index contributed by atoms with van der Waals surface area (Å²) in [6.45, 7) is -0.439. The Morgan fingerprint density at radius 3 is 2.83 bits per heavy atom. The van der Waals surface area contributed by atoms with Crippen LogP contribution in [0.2, 0.25) is 5.02 Å². The van der Waals surface area contributed by atoms with Crippen molar-refractivity contribution in [2.24, 2.45) is 7.05 Å². The molecule has 0 aliphatic carbocycles. The number of hydrogen-bond donors (Lipinski definition) is 2. The number of likely N-dealkylation sites (tertiary alicyclic amines) is 1. The molecule has 15 heteroatoms. The van der Waals surface area contributed by atoms with Crippen LogP contribution in [0.4, 0.5) is 33.9 Å². The first kappa shape index (κ1) is 23.9. The molecule has 2 aliphatic rings. The number of fused-ring (bicyclic) bond motifs is 2. The van der Waals surface area contributed by atoms with Gasteiger partial charge in [-0.3, -0.25) is 14.8 Å². The van der Waals surface area contributed by atoms with Crippen LogP contribution in [-0.2, 0) is 34.9 Å². The molecule has 5 rings (SSSR count). The van der Waals surface area contributed by atoms with Gasteiger partial charge in [0.2, 0.25) is 5.91 Å². The zero-order chi connectivity index (χ0) is 26.0. The van der Waals surface area contributed by atoms with Crippen LogP contribution in [0.5, 0.6) is 0 Å². The monoisotopic (exact) mass is 527 g/mol. The number of carbonyl (C=O) groups is 2. The van der Waals surface area contributed by atoms with Crippen LogP contribution in [0.25, 0.3) is 11.3 Å². The minimum absolute atomic E-state index is 0.0410. The molecule has 10 nitrogen and oxygen atoms in total. The third-order valence-electron chi connectivity index (χ3n) is 6.24. The van der Waals surface area contributed by atoms with Crippen molar-refractivity contribution in [3.63, 3.8) is 0 Å². The maximum Gasteiger partial charge on any atom is 0.433 e. The van der Waals surface area contributed by atoms with Crippen LogP contribution in [0, 0.1) is 5.82 Å². The summed E-state index contributed by atoms with van der Waals surface area (Å²) in [6, 6.07) is 3.97. The van der Waals surface area contributed by atoms with Gasteiger partial charge in [0.15, 0.2) is 17.1 Å². The molecular formula is C21H18ClF4N7O3. The lowest BCUT2D eigenvalue weighted by Gasteiger charge is -2.35. The summed E-state index contributed by atoms with van der Waals surface area (Å²) in [5.74, 6) is -1.31. The van der Waals surface area contributed by atoms with Gasteiger partial charge in [0, 0.05) is 26.1 Å². The van der Waals surface area contributed by atoms with Crippen molar-refractivity contribution in [3.8, 4) is 11.3 Å². The summed E-state index contributed by atoms with van der Waals surface area (Å²) in [6.07, 6.45) is -4.35. The molecule has 1 saturated heterocycles. The van der Waals surface area contributed by atoms with Crippen molar-refractivity contribution in [1.82, 2.24) is 24.5 Å². The van der Waals surface area contributed by atoms with E-state index in [1.807, 2.05) is 0 Å². The standard InChI is InChI=1S/C21H18ClF4N7O3/c1-31-18(21(24,25)26)10(7-28-31)13-6-14(27)33(30-13)8-15(34)32-5-4-20(9-32)16-12(29-19(35)36-20)3-2-11(22)17(16)23/h2-3,6-7H,4-5,8-9,27H2,1H3,(H,29,35)/t20-/m0/s1. The lowest BCUT2D eigenvalue weighted by Crippen LogP contribution is -2.44. The fourth-order valence-electron chi connectivity index (χ4n) is 4.63. The molecule has 2 aliphatic heterocycles. The summed E-state index contributed by atoms with van der Waals surface area (Å²) in [7, 11) is 1.15. The number of rotatable bonds is 3. The van der Waals surface area contributed by atoms with Crippen LogP contribution in [0.3, 0.4) is 0 Å². The fourth-order valence-corrected chi connectivity index (χ4v) is 4.78. The average molecular weight is 528 g/mol. The molecule has 3 N–H and O–H groups in total. The number of aryl methyl sites for hydroxylation is 1. The van der Waals surface area contributed by atoms with Crippen LogP contribution in [-0.4, -0.2) is 49.6 Å². The molecule has 2 aromatic heterocycles. The normalized spacial score (nSPS) is 19.4. The number of hydrogen-bond acceptors (Lipinski definition) is 6. The smallest absolute Gasteiger partial charge is 0.433 e. The van der Waals surface area contributed by atoms with E-state index in [1.165, 1.54) is 23.1 Å². The number of alkyl halides is 3. The van der Waals surface area contributed by atoms with Gasteiger partial charge < -0.3 is 15.4 Å². The Morgan fingerprint density at radius 2 is 2.11 bits per heavy atom. The third kappa shape index (κ3) is 3.81. The van der Waals surface area contributed by atoms with Crippen LogP contribution < -0.4 is 11.1 Å². The lowest BCUT2D eigenvalue weighted by molar-refractivity contribution is -0.143. The highest BCUT2D eigenvalue weighted by atomic mass is 35.5. The van der Waals surface area contributed by atoms with Crippen molar-refractivity contribution in [2.75, 3.05) is 24.1 Å². The topological polar surface area (TPSA) is 120 Å². The predicted octanol–water partition coefficient (Wildman–Crippen LogP) is 3.37. The average Bonchev–Trinajstić information content (AvgIpc) is 3.48. The minimum Gasteiger partial charge on any atom is -0.436 e. The molecule has 3 aromatic rings. The van der Waals surface area contributed by atoms with Crippen molar-refractivity contribution >= 4 is 35.1 Å². The summed E-state index contributed by atoms with van der Waals surface area (Å²) in [5.41, 5.74) is 3.33. The van der Waals surface area contributed by atoms with Gasteiger partial charge in [-0.25, -0.2) is 13.9 Å². The molecule has 4 heterocycles. The van der Waals surface area contributed by atoms with E-state index in [9.17, 15) is 27.2 Å². The number of benzene rings is 1. The number of anilines is 2. The van der Waals surface area contributed by atoms with Gasteiger partial charge in [-0.1, -0.05) is 11.6 Å². The van der Waals surface area contributed by atoms with E-state index in [0.29, 0.717) is 4.68 Å². The molecule has 1 atom stereocenters. The van der Waals surface area contributed by atoms with Gasteiger partial charge >= 0.3 is 12.3 Å². The number of nitrogen functional groups attached to an aromatic ring is 1. The number of amides is 2. The minimum atomic E-state index is -4.68. The highest BCUT2D eigenvalue weighted by Crippen LogP contribution is 2.45. The van der Waals surface area contributed by atoms with E-state index in [1.54, 1.807) is 0 Å². The number of ether oxygens (including phenoxy) is 1. The Hall–Kier alpha value is -3.81. The van der Waals surface area contributed by atoms with Crippen molar-refractivity contribution in [2.45, 2.75) is 24.7 Å². The molecule has 1 aromatic carbocycles. The Bertz CT molecular complexity index is 1400. The van der Waals surface area contributed by atoms with Gasteiger partial charge in [-0.15, -0.1) is 0 Å². The van der Waals surface area contributed by atoms with Crippen molar-refractivity contribution < 1.29 is 31.9 Å². The summed E-state index contributed by atoms with van der Waals surface area (Å²) >= 11 is 5.94. The van der Waals surface area contributed by atoms with Gasteiger partial charge in [-0.05, 0) is 12.1 Å². The molecule has 1 spiro atoms. The number of nitrogens with one attached hydrogen (secondary N) is 1. The molecule has 36 heavy (non-hydrogen) atoms. The maximum absolute atomic E-state index is 14.9. The zero-order valence-corrected chi connectivity index (χ0v) is 19.3. The number of halogens is 5. The molecule has 0 radical (unpaired) electrons. The SMILES string of the molecule is Cn1ncc(-c2cc(N)n(CC(=O)N3CC[C@@]4(C3)OC(=O)Nc3ccc(Cl)c(F)c34)n2)c1C(F)(F)F. The predicted molar refractivity (Wildman–Crippen MR) is 118 cm³/mol. The molecular weight excluding hydrogens is 510 g/mol. The molecule has 0 saturated carbocycles. The van der Waals surface area contributed by atoms with Crippen LogP contribution in [0.1, 0.15) is 17.7 Å². The second kappa shape index (κ2) is 8.11. The van der Waals surface area contributed by atoms with E-state index in [4.69, 9.17) is 22.1 Å². The lowest BCUT2D eigenvalue weighted by atomic mass is 9.89. The van der Waals surface area contributed by atoms with E-state index >= 15 is 0 Å². The quantitative estimate of drug-likeness (QED) is 0.504. The Kier molecular flexibility index (Phi) is 5.39. The number of carbonyl (C=O) groups excluding carboxylic acids is 2. The van der Waals surface area contributed by atoms with E-state index in [2.05, 4.69) is 15.5 Å². The Morgan fingerprint density at radius 1 is 1.36 bits per heavy atom. The third-order valence-corrected chi connectivity index (χ3v) is 6.53. The highest BCUT2D eigenvalue weighted by molar-refractivity contribution is 6.31. The van der Waals surface area contributed by atoms with E-state index in [-0.39, 0.29) is 52.9 Å². The van der Waals surface area contributed by atoms with Crippen molar-refractivity contribution in [1.29, 1.82) is 0 Å². The number of aromatic nitrogens is 4. The second-order valence-corrected chi connectivity index (χ2v) is 8.91. The molecule has 1 fully saturated rings. The number of nitrogens with two attached hydrogens (primary N) is 1. The van der Waals surface area contributed by atoms with Gasteiger partial charge in [0.1, 0.15) is 12.4 Å². The van der Waals surface area contributed by atoms with E-state index < -0.39 is 41.8 Å². The summed E-state index contributed by atoms with van der Waals surface area (Å²) < 4.78 is 62.5. The Labute approximate surface area is 205 Å². The molecule has 0 unspecified atom stereocenters. The zero-order valence-electron chi connectivity index (χ0n) is 18.6. The van der Waals surface area contributed by atoms with E-state index in [0.717, 1.165) is 17.9 Å². The molecule has 2 amide bonds. The molecule has 0 bridgehead atoms.